The van der Waals surface area contributed by atoms with Crippen LogP contribution in [0.2, 0.25) is 0 Å². The first-order valence-corrected chi connectivity index (χ1v) is 6.87. The lowest BCUT2D eigenvalue weighted by Crippen LogP contribution is -2.47. The van der Waals surface area contributed by atoms with Gasteiger partial charge in [-0.25, -0.2) is 9.18 Å². The van der Waals surface area contributed by atoms with Gasteiger partial charge in [0.05, 0.1) is 5.60 Å². The Morgan fingerprint density at radius 3 is 2.81 bits per heavy atom. The fourth-order valence-corrected chi connectivity index (χ4v) is 3.76. The summed E-state index contributed by atoms with van der Waals surface area (Å²) < 4.78 is 21.2. The van der Waals surface area contributed by atoms with E-state index >= 15 is 0 Å². The monoisotopic (exact) mass is 297 g/mol. The smallest absolute Gasteiger partial charge is 0.351 e. The molecule has 1 aromatic rings. The second kappa shape index (κ2) is 3.63. The molecule has 7 nitrogen and oxygen atoms in total. The lowest BCUT2D eigenvalue weighted by molar-refractivity contribution is -0.108. The van der Waals surface area contributed by atoms with Gasteiger partial charge in [-0.15, -0.1) is 0 Å². The van der Waals surface area contributed by atoms with Crippen LogP contribution in [-0.4, -0.2) is 43.2 Å². The maximum absolute atomic E-state index is 14.7. The van der Waals surface area contributed by atoms with E-state index in [1.54, 1.807) is 6.92 Å². The number of rotatable bonds is 1. The molecule has 0 spiro atoms. The molecule has 4 N–H and O–H groups in total. The van der Waals surface area contributed by atoms with Crippen molar-refractivity contribution in [3.63, 3.8) is 0 Å². The number of halogens is 1. The first-order chi connectivity index (χ1) is 9.77. The molecule has 0 aromatic carbocycles. The van der Waals surface area contributed by atoms with Crippen molar-refractivity contribution in [2.75, 3.05) is 5.73 Å². The van der Waals surface area contributed by atoms with Gasteiger partial charge < -0.3 is 20.7 Å². The van der Waals surface area contributed by atoms with Crippen LogP contribution in [0.1, 0.15) is 24.6 Å². The van der Waals surface area contributed by atoms with E-state index in [0.29, 0.717) is 12.0 Å². The number of aliphatic hydroxyl groups is 2. The van der Waals surface area contributed by atoms with Gasteiger partial charge in [-0.05, 0) is 25.7 Å². The summed E-state index contributed by atoms with van der Waals surface area (Å²) >= 11 is 0. The van der Waals surface area contributed by atoms with Gasteiger partial charge in [0.1, 0.15) is 17.5 Å². The summed E-state index contributed by atoms with van der Waals surface area (Å²) in [6.07, 6.45) is -2.12. The Kier molecular flexibility index (Phi) is 2.28. The van der Waals surface area contributed by atoms with E-state index in [2.05, 4.69) is 4.98 Å². The quantitative estimate of drug-likeness (QED) is 0.629. The first-order valence-electron chi connectivity index (χ1n) is 6.87. The van der Waals surface area contributed by atoms with Gasteiger partial charge in [-0.3, -0.25) is 4.57 Å². The third-order valence-electron chi connectivity index (χ3n) is 5.05. The van der Waals surface area contributed by atoms with Gasteiger partial charge in [-0.1, -0.05) is 0 Å². The second-order valence-electron chi connectivity index (χ2n) is 6.40. The number of hydrogen-bond acceptors (Lipinski definition) is 6. The number of alkyl halides is 1. The zero-order valence-corrected chi connectivity index (χ0v) is 11.4. The molecule has 0 amide bonds. The lowest BCUT2D eigenvalue weighted by Gasteiger charge is -2.26. The van der Waals surface area contributed by atoms with Gasteiger partial charge >= 0.3 is 5.69 Å². The maximum atomic E-state index is 14.7. The molecule has 1 aliphatic heterocycles. The molecule has 1 aromatic heterocycles. The normalized spacial score (nSPS) is 47.2. The van der Waals surface area contributed by atoms with Crippen molar-refractivity contribution in [2.24, 2.45) is 5.92 Å². The molecule has 8 heteroatoms. The minimum absolute atomic E-state index is 0.0736. The van der Waals surface area contributed by atoms with Crippen molar-refractivity contribution in [3.8, 4) is 0 Å². The molecular weight excluding hydrogens is 281 g/mol. The maximum Gasteiger partial charge on any atom is 0.351 e. The van der Waals surface area contributed by atoms with Gasteiger partial charge in [0.25, 0.3) is 0 Å². The van der Waals surface area contributed by atoms with Crippen LogP contribution in [0.15, 0.2) is 11.0 Å². The summed E-state index contributed by atoms with van der Waals surface area (Å²) in [6.45, 7) is 1.64. The van der Waals surface area contributed by atoms with E-state index < -0.39 is 35.4 Å². The number of anilines is 1. The van der Waals surface area contributed by atoms with Crippen molar-refractivity contribution in [3.05, 3.63) is 22.2 Å². The van der Waals surface area contributed by atoms with Crippen LogP contribution in [0.3, 0.4) is 0 Å². The standard InChI is InChI=1S/C13H16FN3O4/c1-5-4-17(11(18)16-8(5)15)9-7(14)13(20)3-6-2-12(6,19)10(13)21-9/h4,6-7,9-10,19-20H,2-3H2,1H3,(H2,15,16,18)/t6-,7+,9-,10+,12+,13-/m0/s1. The molecule has 6 atom stereocenters. The third-order valence-corrected chi connectivity index (χ3v) is 5.05. The number of aryl methyl sites for hydroxylation is 1. The van der Waals surface area contributed by atoms with Gasteiger partial charge in [0, 0.05) is 11.8 Å². The molecule has 0 unspecified atom stereocenters. The zero-order chi connectivity index (χ0) is 15.2. The Bertz CT molecular complexity index is 694. The molecule has 0 radical (unpaired) electrons. The summed E-state index contributed by atoms with van der Waals surface area (Å²) in [4.78, 5) is 15.5. The molecule has 4 rings (SSSR count). The number of ether oxygens (including phenoxy) is 1. The van der Waals surface area contributed by atoms with E-state index in [-0.39, 0.29) is 18.2 Å². The van der Waals surface area contributed by atoms with Gasteiger partial charge in [0.15, 0.2) is 12.4 Å². The van der Waals surface area contributed by atoms with Crippen molar-refractivity contribution >= 4 is 5.82 Å². The Labute approximate surface area is 119 Å². The average molecular weight is 297 g/mol. The average Bonchev–Trinajstić information content (AvgIpc) is 2.88. The Morgan fingerprint density at radius 2 is 2.14 bits per heavy atom. The van der Waals surface area contributed by atoms with Crippen molar-refractivity contribution in [1.29, 1.82) is 0 Å². The van der Waals surface area contributed by atoms with Crippen LogP contribution in [0.25, 0.3) is 0 Å². The minimum atomic E-state index is -1.80. The fraction of sp³-hybridized carbons (Fsp3) is 0.692. The highest BCUT2D eigenvalue weighted by Crippen LogP contribution is 2.65. The molecule has 3 aliphatic rings. The summed E-state index contributed by atoms with van der Waals surface area (Å²) in [6, 6.07) is 0. The molecule has 1 saturated heterocycles. The summed E-state index contributed by atoms with van der Waals surface area (Å²) in [5.41, 5.74) is 2.39. The first kappa shape index (κ1) is 13.2. The van der Waals surface area contributed by atoms with Crippen LogP contribution in [0.4, 0.5) is 10.2 Å². The SMILES string of the molecule is Cc1cn([C@H]2O[C@@H]3[C@@]4(O)C[C@H]4C[C@]3(O)[C@@H]2F)c(=O)nc1N. The lowest BCUT2D eigenvalue weighted by atomic mass is 9.91. The van der Waals surface area contributed by atoms with Crippen LogP contribution < -0.4 is 11.4 Å². The predicted molar refractivity (Wildman–Crippen MR) is 69.1 cm³/mol. The zero-order valence-electron chi connectivity index (χ0n) is 11.4. The molecule has 114 valence electrons. The number of aromatic nitrogens is 2. The van der Waals surface area contributed by atoms with E-state index in [4.69, 9.17) is 10.5 Å². The third kappa shape index (κ3) is 1.47. The molecule has 2 heterocycles. The number of nitrogens with two attached hydrogens (primary N) is 1. The summed E-state index contributed by atoms with van der Waals surface area (Å²) in [7, 11) is 0. The number of fused-ring (bicyclic) bond motifs is 3. The highest BCUT2D eigenvalue weighted by atomic mass is 19.1. The van der Waals surface area contributed by atoms with E-state index in [0.717, 1.165) is 4.57 Å². The molecule has 2 aliphatic carbocycles. The van der Waals surface area contributed by atoms with E-state index in [9.17, 15) is 19.4 Å². The molecule has 0 bridgehead atoms. The van der Waals surface area contributed by atoms with Crippen molar-refractivity contribution in [1.82, 2.24) is 9.55 Å². The molecular formula is C13H16FN3O4. The highest BCUT2D eigenvalue weighted by Gasteiger charge is 2.78. The van der Waals surface area contributed by atoms with Crippen LogP contribution >= 0.6 is 0 Å². The van der Waals surface area contributed by atoms with Gasteiger partial charge in [-0.2, -0.15) is 4.98 Å². The van der Waals surface area contributed by atoms with Gasteiger partial charge in [0.2, 0.25) is 0 Å². The van der Waals surface area contributed by atoms with E-state index in [1.165, 1.54) is 6.20 Å². The molecule has 2 saturated carbocycles. The van der Waals surface area contributed by atoms with Crippen LogP contribution in [-0.2, 0) is 4.74 Å². The number of hydrogen-bond donors (Lipinski definition) is 3. The number of nitrogen functional groups attached to an aromatic ring is 1. The summed E-state index contributed by atoms with van der Waals surface area (Å²) in [5, 5.41) is 20.8. The topological polar surface area (TPSA) is 111 Å². The summed E-state index contributed by atoms with van der Waals surface area (Å²) in [5.74, 6) is -0.0563. The van der Waals surface area contributed by atoms with Crippen molar-refractivity contribution in [2.45, 2.75) is 49.5 Å². The van der Waals surface area contributed by atoms with Crippen LogP contribution in [0, 0.1) is 12.8 Å². The largest absolute Gasteiger partial charge is 0.387 e. The Morgan fingerprint density at radius 1 is 1.48 bits per heavy atom. The van der Waals surface area contributed by atoms with E-state index in [1.807, 2.05) is 0 Å². The highest BCUT2D eigenvalue weighted by molar-refractivity contribution is 5.35. The van der Waals surface area contributed by atoms with Crippen LogP contribution in [0.5, 0.6) is 0 Å². The Hall–Kier alpha value is -1.51. The molecule has 21 heavy (non-hydrogen) atoms. The fourth-order valence-electron chi connectivity index (χ4n) is 3.76. The van der Waals surface area contributed by atoms with Crippen molar-refractivity contribution < 1.29 is 19.3 Å². The molecule has 3 fully saturated rings. The Balaban J connectivity index is 1.75. The minimum Gasteiger partial charge on any atom is -0.387 e. The predicted octanol–water partition coefficient (Wildman–Crippen LogP) is -0.745. The number of nitrogens with zero attached hydrogens (tertiary/aromatic N) is 2. The second-order valence-corrected chi connectivity index (χ2v) is 6.40.